The average Bonchev–Trinajstić information content (AvgIpc) is 3.17. The molecular formula is C15H18N4O3. The van der Waals surface area contributed by atoms with E-state index in [2.05, 4.69) is 20.8 Å². The lowest BCUT2D eigenvalue weighted by Gasteiger charge is -2.11. The van der Waals surface area contributed by atoms with Gasteiger partial charge in [-0.3, -0.25) is 0 Å². The molecule has 2 amide bonds. The molecule has 0 aliphatic carbocycles. The topological polar surface area (TPSA) is 89.3 Å². The van der Waals surface area contributed by atoms with Crippen LogP contribution in [-0.4, -0.2) is 35.4 Å². The molecule has 116 valence electrons. The molecule has 1 aromatic carbocycles. The molecule has 1 saturated heterocycles. The van der Waals surface area contributed by atoms with Crippen LogP contribution in [-0.2, 0) is 4.74 Å². The van der Waals surface area contributed by atoms with E-state index < -0.39 is 0 Å². The summed E-state index contributed by atoms with van der Waals surface area (Å²) >= 11 is 0. The third kappa shape index (κ3) is 3.62. The summed E-state index contributed by atoms with van der Waals surface area (Å²) in [4.78, 5) is 16.0. The van der Waals surface area contributed by atoms with Crippen molar-refractivity contribution in [1.82, 2.24) is 15.5 Å². The van der Waals surface area contributed by atoms with E-state index in [0.717, 1.165) is 25.0 Å². The molecule has 0 spiro atoms. The number of nitrogens with one attached hydrogen (secondary N) is 2. The minimum atomic E-state index is -0.237. The summed E-state index contributed by atoms with van der Waals surface area (Å²) in [5.74, 6) is 1.05. The Bertz CT molecular complexity index is 632. The van der Waals surface area contributed by atoms with Gasteiger partial charge in [-0.05, 0) is 37.1 Å². The van der Waals surface area contributed by atoms with Crippen LogP contribution in [0.2, 0.25) is 0 Å². The first-order valence-electron chi connectivity index (χ1n) is 7.28. The number of carbonyl (C=O) groups is 1. The molecule has 0 radical (unpaired) electrons. The highest BCUT2D eigenvalue weighted by atomic mass is 16.5. The first-order valence-corrected chi connectivity index (χ1v) is 7.28. The molecule has 1 fully saturated rings. The summed E-state index contributed by atoms with van der Waals surface area (Å²) in [6.07, 6.45) is 2.19. The standard InChI is InChI=1S/C15H18N4O3/c1-10-17-14(19-22-10)11-4-6-12(7-5-11)18-15(20)16-9-13-3-2-8-21-13/h4-7,13H,2-3,8-9H2,1H3,(H2,16,18,20)/t13-/m0/s1. The second-order valence-electron chi connectivity index (χ2n) is 5.18. The number of urea groups is 1. The van der Waals surface area contributed by atoms with Gasteiger partial charge in [0.15, 0.2) is 0 Å². The fourth-order valence-corrected chi connectivity index (χ4v) is 2.31. The van der Waals surface area contributed by atoms with Gasteiger partial charge >= 0.3 is 6.03 Å². The van der Waals surface area contributed by atoms with E-state index in [1.165, 1.54) is 0 Å². The van der Waals surface area contributed by atoms with Crippen molar-refractivity contribution in [2.24, 2.45) is 0 Å². The van der Waals surface area contributed by atoms with Crippen molar-refractivity contribution in [1.29, 1.82) is 0 Å². The molecule has 0 unspecified atom stereocenters. The first kappa shape index (κ1) is 14.5. The molecule has 0 saturated carbocycles. The van der Waals surface area contributed by atoms with Crippen molar-refractivity contribution in [3.63, 3.8) is 0 Å². The van der Waals surface area contributed by atoms with E-state index in [0.29, 0.717) is 23.9 Å². The Morgan fingerprint density at radius 1 is 1.36 bits per heavy atom. The number of aromatic nitrogens is 2. The van der Waals surface area contributed by atoms with Gasteiger partial charge in [-0.2, -0.15) is 4.98 Å². The Balaban J connectivity index is 1.53. The summed E-state index contributed by atoms with van der Waals surface area (Å²) in [5.41, 5.74) is 1.54. The molecule has 1 atom stereocenters. The maximum atomic E-state index is 11.8. The number of ether oxygens (including phenoxy) is 1. The smallest absolute Gasteiger partial charge is 0.319 e. The summed E-state index contributed by atoms with van der Waals surface area (Å²) in [6.45, 7) is 3.06. The number of anilines is 1. The van der Waals surface area contributed by atoms with Gasteiger partial charge in [0, 0.05) is 31.3 Å². The summed E-state index contributed by atoms with van der Waals surface area (Å²) < 4.78 is 10.4. The third-order valence-electron chi connectivity index (χ3n) is 3.44. The number of aryl methyl sites for hydroxylation is 1. The lowest BCUT2D eigenvalue weighted by atomic mass is 10.2. The Labute approximate surface area is 128 Å². The highest BCUT2D eigenvalue weighted by Crippen LogP contribution is 2.18. The lowest BCUT2D eigenvalue weighted by Crippen LogP contribution is -2.34. The third-order valence-corrected chi connectivity index (χ3v) is 3.44. The van der Waals surface area contributed by atoms with Gasteiger partial charge < -0.3 is 19.9 Å². The van der Waals surface area contributed by atoms with Crippen LogP contribution in [0.3, 0.4) is 0 Å². The molecule has 1 aliphatic rings. The number of hydrogen-bond donors (Lipinski definition) is 2. The van der Waals surface area contributed by atoms with Crippen molar-refractivity contribution >= 4 is 11.7 Å². The number of benzene rings is 1. The molecule has 3 rings (SSSR count). The average molecular weight is 302 g/mol. The van der Waals surface area contributed by atoms with E-state index in [1.54, 1.807) is 19.1 Å². The van der Waals surface area contributed by atoms with Crippen molar-refractivity contribution in [2.75, 3.05) is 18.5 Å². The minimum Gasteiger partial charge on any atom is -0.376 e. The van der Waals surface area contributed by atoms with Crippen molar-refractivity contribution in [3.8, 4) is 11.4 Å². The zero-order valence-electron chi connectivity index (χ0n) is 12.3. The second kappa shape index (κ2) is 6.57. The van der Waals surface area contributed by atoms with Crippen molar-refractivity contribution in [2.45, 2.75) is 25.9 Å². The number of hydrogen-bond acceptors (Lipinski definition) is 5. The summed E-state index contributed by atoms with van der Waals surface area (Å²) in [6, 6.07) is 7.03. The molecule has 7 nitrogen and oxygen atoms in total. The van der Waals surface area contributed by atoms with Crippen LogP contribution in [0.1, 0.15) is 18.7 Å². The van der Waals surface area contributed by atoms with E-state index in [-0.39, 0.29) is 12.1 Å². The highest BCUT2D eigenvalue weighted by molar-refractivity contribution is 5.89. The molecule has 0 bridgehead atoms. The molecule has 2 aromatic rings. The zero-order chi connectivity index (χ0) is 15.4. The number of amides is 2. The van der Waals surface area contributed by atoms with Gasteiger partial charge in [-0.15, -0.1) is 0 Å². The summed E-state index contributed by atoms with van der Waals surface area (Å²) in [5, 5.41) is 9.44. The van der Waals surface area contributed by atoms with Gasteiger partial charge in [0.1, 0.15) is 0 Å². The van der Waals surface area contributed by atoms with Gasteiger partial charge in [0.25, 0.3) is 0 Å². The molecule has 1 aromatic heterocycles. The predicted octanol–water partition coefficient (Wildman–Crippen LogP) is 2.35. The number of rotatable bonds is 4. The van der Waals surface area contributed by atoms with Gasteiger partial charge in [-0.25, -0.2) is 4.79 Å². The van der Waals surface area contributed by atoms with Crippen LogP contribution in [0.25, 0.3) is 11.4 Å². The Morgan fingerprint density at radius 3 is 2.82 bits per heavy atom. The quantitative estimate of drug-likeness (QED) is 0.905. The predicted molar refractivity (Wildman–Crippen MR) is 80.5 cm³/mol. The second-order valence-corrected chi connectivity index (χ2v) is 5.18. The Morgan fingerprint density at radius 2 is 2.18 bits per heavy atom. The minimum absolute atomic E-state index is 0.134. The first-order chi connectivity index (χ1) is 10.7. The maximum absolute atomic E-state index is 11.8. The maximum Gasteiger partial charge on any atom is 0.319 e. The molecule has 2 heterocycles. The van der Waals surface area contributed by atoms with E-state index in [4.69, 9.17) is 9.26 Å². The van der Waals surface area contributed by atoms with Crippen LogP contribution < -0.4 is 10.6 Å². The molecule has 7 heteroatoms. The fourth-order valence-electron chi connectivity index (χ4n) is 2.31. The fraction of sp³-hybridized carbons (Fsp3) is 0.400. The Hall–Kier alpha value is -2.41. The Kier molecular flexibility index (Phi) is 4.34. The SMILES string of the molecule is Cc1nc(-c2ccc(NC(=O)NC[C@@H]3CCCO3)cc2)no1. The van der Waals surface area contributed by atoms with Crippen LogP contribution in [0.5, 0.6) is 0 Å². The number of carbonyl (C=O) groups excluding carboxylic acids is 1. The molecule has 1 aliphatic heterocycles. The monoisotopic (exact) mass is 302 g/mol. The molecule has 22 heavy (non-hydrogen) atoms. The van der Waals surface area contributed by atoms with Crippen LogP contribution in [0, 0.1) is 6.92 Å². The van der Waals surface area contributed by atoms with Gasteiger partial charge in [-0.1, -0.05) is 5.16 Å². The van der Waals surface area contributed by atoms with Crippen molar-refractivity contribution < 1.29 is 14.1 Å². The van der Waals surface area contributed by atoms with Gasteiger partial charge in [0.2, 0.25) is 11.7 Å². The molecule has 2 N–H and O–H groups in total. The van der Waals surface area contributed by atoms with Crippen LogP contribution in [0.15, 0.2) is 28.8 Å². The lowest BCUT2D eigenvalue weighted by molar-refractivity contribution is 0.112. The normalized spacial score (nSPS) is 17.4. The largest absolute Gasteiger partial charge is 0.376 e. The number of nitrogens with zero attached hydrogens (tertiary/aromatic N) is 2. The van der Waals surface area contributed by atoms with Crippen LogP contribution >= 0.6 is 0 Å². The summed E-state index contributed by atoms with van der Waals surface area (Å²) in [7, 11) is 0. The molecular weight excluding hydrogens is 284 g/mol. The van der Waals surface area contributed by atoms with E-state index >= 15 is 0 Å². The van der Waals surface area contributed by atoms with Gasteiger partial charge in [0.05, 0.1) is 6.10 Å². The van der Waals surface area contributed by atoms with Crippen LogP contribution in [0.4, 0.5) is 10.5 Å². The van der Waals surface area contributed by atoms with E-state index in [9.17, 15) is 4.79 Å². The zero-order valence-corrected chi connectivity index (χ0v) is 12.3. The van der Waals surface area contributed by atoms with E-state index in [1.807, 2.05) is 12.1 Å². The highest BCUT2D eigenvalue weighted by Gasteiger charge is 2.16. The van der Waals surface area contributed by atoms with Crippen molar-refractivity contribution in [3.05, 3.63) is 30.2 Å².